The number of pyridine rings is 2. The summed E-state index contributed by atoms with van der Waals surface area (Å²) in [5.74, 6) is 0.328. The number of H-pyrrole nitrogens is 1. The molecule has 0 aliphatic heterocycles. The third-order valence-corrected chi connectivity index (χ3v) is 6.00. The number of carbonyl (C=O) groups is 1. The molecule has 1 amide bonds. The molecule has 3 aromatic heterocycles. The normalized spacial score (nSPS) is 11.2. The van der Waals surface area contributed by atoms with Crippen molar-refractivity contribution in [2.75, 3.05) is 5.32 Å². The van der Waals surface area contributed by atoms with Crippen LogP contribution in [0.1, 0.15) is 21.7 Å². The Balaban J connectivity index is 1.37. The first kappa shape index (κ1) is 20.7. The molecule has 0 spiro atoms. The predicted octanol–water partition coefficient (Wildman–Crippen LogP) is 5.93. The number of benzene rings is 2. The van der Waals surface area contributed by atoms with Crippen LogP contribution in [0.5, 0.6) is 0 Å². The number of anilines is 1. The van der Waals surface area contributed by atoms with E-state index in [2.05, 4.69) is 25.5 Å². The van der Waals surface area contributed by atoms with Crippen LogP contribution in [0.4, 0.5) is 5.82 Å². The van der Waals surface area contributed by atoms with E-state index in [9.17, 15) is 4.79 Å². The first-order valence-corrected chi connectivity index (χ1v) is 11.1. The molecular formula is C26H19N5OS. The van der Waals surface area contributed by atoms with Crippen LogP contribution in [0, 0.1) is 0 Å². The molecule has 0 aliphatic rings. The van der Waals surface area contributed by atoms with Crippen molar-refractivity contribution in [1.82, 2.24) is 20.2 Å². The van der Waals surface area contributed by atoms with Crippen LogP contribution in [0.2, 0.25) is 0 Å². The van der Waals surface area contributed by atoms with Gasteiger partial charge < -0.3 is 5.32 Å². The van der Waals surface area contributed by atoms with Crippen LogP contribution < -0.4 is 5.32 Å². The SMILES string of the molecule is O=C(Nc1ccccn1)c1ccccc1Sc1ccc2c(/C=C/c3ccccn3)n[nH]c2c1. The summed E-state index contributed by atoms with van der Waals surface area (Å²) in [6.07, 6.45) is 7.30. The molecule has 0 fully saturated rings. The van der Waals surface area contributed by atoms with E-state index in [1.807, 2.05) is 84.9 Å². The zero-order valence-corrected chi connectivity index (χ0v) is 18.3. The van der Waals surface area contributed by atoms with E-state index in [0.29, 0.717) is 11.4 Å². The van der Waals surface area contributed by atoms with Gasteiger partial charge in [-0.15, -0.1) is 0 Å². The van der Waals surface area contributed by atoms with Crippen molar-refractivity contribution in [2.45, 2.75) is 9.79 Å². The zero-order valence-electron chi connectivity index (χ0n) is 17.5. The standard InChI is InChI=1S/C26H19N5OS/c32-26(29-25-10-4-6-16-28-25)21-8-1-2-9-24(21)33-19-12-13-20-22(30-31-23(20)17-19)14-11-18-7-3-5-15-27-18/h1-17H,(H,30,31)(H,28,29,32)/b14-11+. The number of hydrogen-bond acceptors (Lipinski definition) is 5. The Morgan fingerprint density at radius 3 is 2.52 bits per heavy atom. The van der Waals surface area contributed by atoms with Crippen molar-refractivity contribution in [2.24, 2.45) is 0 Å². The van der Waals surface area contributed by atoms with Crippen LogP contribution in [0.3, 0.4) is 0 Å². The van der Waals surface area contributed by atoms with Gasteiger partial charge in [-0.05, 0) is 66.7 Å². The maximum absolute atomic E-state index is 12.8. The molecule has 33 heavy (non-hydrogen) atoms. The summed E-state index contributed by atoms with van der Waals surface area (Å²) in [6.45, 7) is 0. The maximum atomic E-state index is 12.8. The number of aromatic amines is 1. The minimum Gasteiger partial charge on any atom is -0.307 e. The summed E-state index contributed by atoms with van der Waals surface area (Å²) < 4.78 is 0. The molecule has 3 heterocycles. The van der Waals surface area contributed by atoms with Gasteiger partial charge in [-0.25, -0.2) is 4.98 Å². The van der Waals surface area contributed by atoms with Gasteiger partial charge in [0.1, 0.15) is 5.82 Å². The van der Waals surface area contributed by atoms with E-state index in [0.717, 1.165) is 32.1 Å². The second-order valence-electron chi connectivity index (χ2n) is 7.17. The third kappa shape index (κ3) is 4.83. The van der Waals surface area contributed by atoms with Crippen LogP contribution >= 0.6 is 11.8 Å². The highest BCUT2D eigenvalue weighted by molar-refractivity contribution is 7.99. The van der Waals surface area contributed by atoms with Crippen LogP contribution in [-0.4, -0.2) is 26.1 Å². The Morgan fingerprint density at radius 2 is 1.70 bits per heavy atom. The molecule has 0 saturated heterocycles. The largest absolute Gasteiger partial charge is 0.307 e. The van der Waals surface area contributed by atoms with E-state index in [-0.39, 0.29) is 5.91 Å². The van der Waals surface area contributed by atoms with E-state index >= 15 is 0 Å². The molecule has 7 heteroatoms. The Kier molecular flexibility index (Phi) is 5.95. The summed E-state index contributed by atoms with van der Waals surface area (Å²) >= 11 is 1.53. The van der Waals surface area contributed by atoms with Gasteiger partial charge in [-0.1, -0.05) is 36.0 Å². The Hall–Kier alpha value is -4.23. The van der Waals surface area contributed by atoms with Gasteiger partial charge in [0.25, 0.3) is 5.91 Å². The average molecular weight is 450 g/mol. The van der Waals surface area contributed by atoms with Gasteiger partial charge in [0.05, 0.1) is 22.5 Å². The lowest BCUT2D eigenvalue weighted by molar-refractivity contribution is 0.102. The molecule has 2 N–H and O–H groups in total. The van der Waals surface area contributed by atoms with Crippen LogP contribution in [0.25, 0.3) is 23.1 Å². The Morgan fingerprint density at radius 1 is 0.879 bits per heavy atom. The number of fused-ring (bicyclic) bond motifs is 1. The van der Waals surface area contributed by atoms with Gasteiger partial charge in [-0.2, -0.15) is 5.10 Å². The van der Waals surface area contributed by atoms with Crippen molar-refractivity contribution < 1.29 is 4.79 Å². The minimum atomic E-state index is -0.193. The molecule has 5 rings (SSSR count). The smallest absolute Gasteiger partial charge is 0.257 e. The first-order chi connectivity index (χ1) is 16.3. The molecule has 160 valence electrons. The molecule has 0 atom stereocenters. The number of rotatable bonds is 6. The molecule has 0 bridgehead atoms. The minimum absolute atomic E-state index is 0.193. The fourth-order valence-corrected chi connectivity index (χ4v) is 4.32. The summed E-state index contributed by atoms with van der Waals surface area (Å²) in [7, 11) is 0. The van der Waals surface area contributed by atoms with Crippen LogP contribution in [0.15, 0.2) is 101 Å². The van der Waals surface area contributed by atoms with Crippen LogP contribution in [-0.2, 0) is 0 Å². The number of aromatic nitrogens is 4. The lowest BCUT2D eigenvalue weighted by Crippen LogP contribution is -2.13. The van der Waals surface area contributed by atoms with Gasteiger partial charge in [0, 0.05) is 27.6 Å². The van der Waals surface area contributed by atoms with Gasteiger partial charge in [-0.3, -0.25) is 14.9 Å². The molecule has 0 saturated carbocycles. The molecule has 6 nitrogen and oxygen atoms in total. The second-order valence-corrected chi connectivity index (χ2v) is 8.29. The third-order valence-electron chi connectivity index (χ3n) is 4.93. The molecule has 0 unspecified atom stereocenters. The lowest BCUT2D eigenvalue weighted by Gasteiger charge is -2.09. The summed E-state index contributed by atoms with van der Waals surface area (Å²) in [5, 5.41) is 11.4. The fourth-order valence-electron chi connectivity index (χ4n) is 3.34. The molecular weight excluding hydrogens is 430 g/mol. The topological polar surface area (TPSA) is 83.6 Å². The average Bonchev–Trinajstić information content (AvgIpc) is 3.26. The molecule has 5 aromatic rings. The highest BCUT2D eigenvalue weighted by atomic mass is 32.2. The maximum Gasteiger partial charge on any atom is 0.257 e. The number of carbonyl (C=O) groups excluding carboxylic acids is 1. The Bertz CT molecular complexity index is 1430. The van der Waals surface area contributed by atoms with Gasteiger partial charge >= 0.3 is 0 Å². The molecule has 0 radical (unpaired) electrons. The van der Waals surface area contributed by atoms with Gasteiger partial charge in [0.15, 0.2) is 0 Å². The van der Waals surface area contributed by atoms with Crippen molar-refractivity contribution in [3.8, 4) is 0 Å². The van der Waals surface area contributed by atoms with E-state index in [1.54, 1.807) is 18.5 Å². The highest BCUT2D eigenvalue weighted by Crippen LogP contribution is 2.33. The highest BCUT2D eigenvalue weighted by Gasteiger charge is 2.13. The van der Waals surface area contributed by atoms with E-state index < -0.39 is 0 Å². The van der Waals surface area contributed by atoms with E-state index in [4.69, 9.17) is 0 Å². The fraction of sp³-hybridized carbons (Fsp3) is 0. The van der Waals surface area contributed by atoms with Crippen molar-refractivity contribution >= 4 is 46.5 Å². The number of hydrogen-bond donors (Lipinski definition) is 2. The number of amides is 1. The molecule has 2 aromatic carbocycles. The summed E-state index contributed by atoms with van der Waals surface area (Å²) in [6, 6.07) is 24.8. The number of nitrogens with zero attached hydrogens (tertiary/aromatic N) is 3. The molecule has 0 aliphatic carbocycles. The van der Waals surface area contributed by atoms with Crippen molar-refractivity contribution in [1.29, 1.82) is 0 Å². The lowest BCUT2D eigenvalue weighted by atomic mass is 10.2. The monoisotopic (exact) mass is 449 g/mol. The van der Waals surface area contributed by atoms with Crippen molar-refractivity contribution in [3.05, 3.63) is 108 Å². The summed E-state index contributed by atoms with van der Waals surface area (Å²) in [5.41, 5.74) is 3.25. The van der Waals surface area contributed by atoms with Crippen molar-refractivity contribution in [3.63, 3.8) is 0 Å². The van der Waals surface area contributed by atoms with E-state index in [1.165, 1.54) is 11.8 Å². The first-order valence-electron chi connectivity index (χ1n) is 10.3. The Labute approximate surface area is 194 Å². The second kappa shape index (κ2) is 9.50. The predicted molar refractivity (Wildman–Crippen MR) is 132 cm³/mol. The summed E-state index contributed by atoms with van der Waals surface area (Å²) in [4.78, 5) is 23.2. The zero-order chi connectivity index (χ0) is 22.5. The quantitative estimate of drug-likeness (QED) is 0.336. The van der Waals surface area contributed by atoms with Gasteiger partial charge in [0.2, 0.25) is 0 Å². The number of nitrogens with one attached hydrogen (secondary N) is 2.